The average molecular weight is 459 g/mol. The van der Waals surface area contributed by atoms with E-state index in [-0.39, 0.29) is 11.6 Å². The number of hydrogen-bond acceptors (Lipinski definition) is 6. The van der Waals surface area contributed by atoms with Crippen LogP contribution in [0.1, 0.15) is 43.0 Å². The molecule has 0 radical (unpaired) electrons. The minimum Gasteiger partial charge on any atom is -0.378 e. The third-order valence-corrected chi connectivity index (χ3v) is 6.14. The normalized spacial score (nSPS) is 17.9. The summed E-state index contributed by atoms with van der Waals surface area (Å²) < 4.78 is 46.7. The van der Waals surface area contributed by atoms with Gasteiger partial charge in [0, 0.05) is 25.2 Å². The first-order valence-electron chi connectivity index (χ1n) is 11.0. The van der Waals surface area contributed by atoms with Gasteiger partial charge in [-0.1, -0.05) is 12.1 Å². The second-order valence-electron chi connectivity index (χ2n) is 8.48. The van der Waals surface area contributed by atoms with Crippen LogP contribution in [0.3, 0.4) is 0 Å². The van der Waals surface area contributed by atoms with Crippen molar-refractivity contribution in [2.75, 3.05) is 36.5 Å². The van der Waals surface area contributed by atoms with Crippen LogP contribution in [-0.2, 0) is 10.9 Å². The first-order chi connectivity index (χ1) is 15.8. The molecular weight excluding hydrogens is 435 g/mol. The third-order valence-electron chi connectivity index (χ3n) is 6.14. The van der Waals surface area contributed by atoms with Crippen LogP contribution in [0.4, 0.5) is 24.7 Å². The third kappa shape index (κ3) is 4.27. The summed E-state index contributed by atoms with van der Waals surface area (Å²) >= 11 is 0. The zero-order valence-electron chi connectivity index (χ0n) is 18.1. The monoisotopic (exact) mass is 459 g/mol. The Morgan fingerprint density at radius 1 is 1.15 bits per heavy atom. The van der Waals surface area contributed by atoms with E-state index in [9.17, 15) is 18.0 Å². The number of benzene rings is 1. The van der Waals surface area contributed by atoms with Crippen molar-refractivity contribution in [3.63, 3.8) is 0 Å². The van der Waals surface area contributed by atoms with Crippen molar-refractivity contribution in [3.05, 3.63) is 58.1 Å². The molecule has 10 heteroatoms. The van der Waals surface area contributed by atoms with E-state index in [0.29, 0.717) is 54.4 Å². The summed E-state index contributed by atoms with van der Waals surface area (Å²) in [4.78, 5) is 24.1. The maximum absolute atomic E-state index is 13.3. The molecule has 2 aliphatic rings. The predicted molar refractivity (Wildman–Crippen MR) is 119 cm³/mol. The topological polar surface area (TPSA) is 72.3 Å². The lowest BCUT2D eigenvalue weighted by Crippen LogP contribution is -2.40. The summed E-state index contributed by atoms with van der Waals surface area (Å²) in [5.74, 6) is 0.480. The Hall–Kier alpha value is -3.14. The molecule has 1 unspecified atom stereocenters. The lowest BCUT2D eigenvalue weighted by atomic mass is 10.0. The van der Waals surface area contributed by atoms with Crippen molar-refractivity contribution in [2.45, 2.75) is 38.0 Å². The quantitative estimate of drug-likeness (QED) is 0.618. The molecule has 0 bridgehead atoms. The van der Waals surface area contributed by atoms with Gasteiger partial charge in [0.15, 0.2) is 0 Å². The molecule has 174 valence electrons. The highest BCUT2D eigenvalue weighted by Crippen LogP contribution is 2.38. The number of hydrogen-bond donors (Lipinski definition) is 1. The number of ether oxygens (including phenoxy) is 1. The van der Waals surface area contributed by atoms with Crippen LogP contribution in [0.2, 0.25) is 0 Å². The number of pyridine rings is 1. The highest BCUT2D eigenvalue weighted by molar-refractivity contribution is 5.89. The van der Waals surface area contributed by atoms with Gasteiger partial charge in [-0.3, -0.25) is 9.36 Å². The summed E-state index contributed by atoms with van der Waals surface area (Å²) in [5.41, 5.74) is 0.817. The second kappa shape index (κ2) is 8.33. The average Bonchev–Trinajstić information content (AvgIpc) is 3.64. The van der Waals surface area contributed by atoms with Crippen LogP contribution in [0, 0.1) is 0 Å². The van der Waals surface area contributed by atoms with E-state index in [2.05, 4.69) is 15.3 Å². The van der Waals surface area contributed by atoms with Gasteiger partial charge in [-0.05, 0) is 43.5 Å². The van der Waals surface area contributed by atoms with Gasteiger partial charge in [0.2, 0.25) is 0 Å². The lowest BCUT2D eigenvalue weighted by molar-refractivity contribution is -0.137. The van der Waals surface area contributed by atoms with Crippen molar-refractivity contribution in [2.24, 2.45) is 0 Å². The number of halogens is 3. The molecule has 7 nitrogen and oxygen atoms in total. The minimum atomic E-state index is -4.41. The molecule has 2 fully saturated rings. The fraction of sp³-hybridized carbons (Fsp3) is 0.435. The highest BCUT2D eigenvalue weighted by Gasteiger charge is 2.32. The van der Waals surface area contributed by atoms with Crippen LogP contribution in [0.15, 0.2) is 41.5 Å². The molecule has 1 N–H and O–H groups in total. The van der Waals surface area contributed by atoms with Crippen LogP contribution >= 0.6 is 0 Å². The Balaban J connectivity index is 1.56. The second-order valence-corrected chi connectivity index (χ2v) is 8.48. The fourth-order valence-electron chi connectivity index (χ4n) is 4.22. The summed E-state index contributed by atoms with van der Waals surface area (Å²) in [6.07, 6.45) is -1.20. The Morgan fingerprint density at radius 3 is 2.61 bits per heavy atom. The maximum atomic E-state index is 13.3. The van der Waals surface area contributed by atoms with Gasteiger partial charge in [-0.15, -0.1) is 0 Å². The minimum absolute atomic E-state index is 0.0810. The van der Waals surface area contributed by atoms with Gasteiger partial charge in [0.25, 0.3) is 5.56 Å². The predicted octanol–water partition coefficient (Wildman–Crippen LogP) is 4.15. The van der Waals surface area contributed by atoms with Crippen LogP contribution in [0.25, 0.3) is 11.0 Å². The van der Waals surface area contributed by atoms with Crippen molar-refractivity contribution in [1.82, 2.24) is 14.5 Å². The number of nitrogens with one attached hydrogen (secondary N) is 1. The summed E-state index contributed by atoms with van der Waals surface area (Å²) in [7, 11) is 0. The molecule has 1 aliphatic carbocycles. The van der Waals surface area contributed by atoms with Crippen molar-refractivity contribution in [1.29, 1.82) is 0 Å². The number of alkyl halides is 3. The molecule has 0 spiro atoms. The Kier molecular flexibility index (Phi) is 5.48. The van der Waals surface area contributed by atoms with E-state index in [1.807, 2.05) is 4.90 Å². The molecule has 2 aromatic heterocycles. The van der Waals surface area contributed by atoms with Gasteiger partial charge >= 0.3 is 6.18 Å². The first kappa shape index (κ1) is 21.7. The van der Waals surface area contributed by atoms with E-state index in [1.165, 1.54) is 12.4 Å². The molecule has 1 saturated heterocycles. The highest BCUT2D eigenvalue weighted by atomic mass is 19.4. The largest absolute Gasteiger partial charge is 0.416 e. The Labute approximate surface area is 188 Å². The van der Waals surface area contributed by atoms with Gasteiger partial charge < -0.3 is 15.0 Å². The molecular formula is C23H24F3N5O2. The number of rotatable bonds is 5. The maximum Gasteiger partial charge on any atom is 0.416 e. The zero-order valence-corrected chi connectivity index (χ0v) is 18.1. The van der Waals surface area contributed by atoms with E-state index < -0.39 is 17.8 Å². The zero-order chi connectivity index (χ0) is 23.2. The molecule has 5 rings (SSSR count). The lowest BCUT2D eigenvalue weighted by Gasteiger charge is -2.29. The molecule has 3 aromatic rings. The molecule has 3 heterocycles. The van der Waals surface area contributed by atoms with Crippen molar-refractivity contribution < 1.29 is 17.9 Å². The van der Waals surface area contributed by atoms with Gasteiger partial charge in [-0.2, -0.15) is 13.2 Å². The summed E-state index contributed by atoms with van der Waals surface area (Å²) in [5, 5.41) is 3.91. The molecule has 0 amide bonds. The fourth-order valence-corrected chi connectivity index (χ4v) is 4.22. The van der Waals surface area contributed by atoms with Gasteiger partial charge in [-0.25, -0.2) is 9.97 Å². The number of morpholine rings is 1. The number of anilines is 2. The SMILES string of the molecule is CC(Nc1ncnc2c1cc(N1CCOCC1)c(=O)n2C1CC1)c1cccc(C(F)(F)F)c1. The standard InChI is InChI=1S/C23H24F3N5O2/c1-14(15-3-2-4-16(11-15)23(24,25)26)29-20-18-12-19(30-7-9-33-10-8-30)22(32)31(17-5-6-17)21(18)28-13-27-20/h2-4,11-14,17H,5-10H2,1H3,(H,27,28,29). The number of aromatic nitrogens is 3. The van der Waals surface area contributed by atoms with Crippen molar-refractivity contribution >= 4 is 22.5 Å². The van der Waals surface area contributed by atoms with Crippen LogP contribution < -0.4 is 15.8 Å². The molecule has 1 aromatic carbocycles. The number of fused-ring (bicyclic) bond motifs is 1. The summed E-state index contributed by atoms with van der Waals surface area (Å²) in [6.45, 7) is 4.10. The Bertz CT molecular complexity index is 1230. The van der Waals surface area contributed by atoms with Crippen LogP contribution in [-0.4, -0.2) is 40.8 Å². The van der Waals surface area contributed by atoms with Gasteiger partial charge in [0.1, 0.15) is 23.5 Å². The van der Waals surface area contributed by atoms with E-state index in [1.54, 1.807) is 23.6 Å². The van der Waals surface area contributed by atoms with E-state index in [0.717, 1.165) is 25.0 Å². The molecule has 1 aliphatic heterocycles. The molecule has 1 saturated carbocycles. The molecule has 1 atom stereocenters. The van der Waals surface area contributed by atoms with E-state index in [4.69, 9.17) is 4.74 Å². The Morgan fingerprint density at radius 2 is 1.91 bits per heavy atom. The molecule has 33 heavy (non-hydrogen) atoms. The van der Waals surface area contributed by atoms with Crippen molar-refractivity contribution in [3.8, 4) is 0 Å². The van der Waals surface area contributed by atoms with Gasteiger partial charge in [0.05, 0.1) is 24.2 Å². The first-order valence-corrected chi connectivity index (χ1v) is 11.0. The van der Waals surface area contributed by atoms with Crippen LogP contribution in [0.5, 0.6) is 0 Å². The summed E-state index contributed by atoms with van der Waals surface area (Å²) in [6, 6.07) is 6.69. The van der Waals surface area contributed by atoms with E-state index >= 15 is 0 Å². The number of nitrogens with zero attached hydrogens (tertiary/aromatic N) is 4. The smallest absolute Gasteiger partial charge is 0.378 e.